The molecule has 0 saturated heterocycles. The van der Waals surface area contributed by atoms with E-state index >= 15 is 0 Å². The summed E-state index contributed by atoms with van der Waals surface area (Å²) < 4.78 is 7.19. The van der Waals surface area contributed by atoms with Gasteiger partial charge in [-0.1, -0.05) is 5.21 Å². The van der Waals surface area contributed by atoms with Crippen LogP contribution in [0.4, 0.5) is 0 Å². The van der Waals surface area contributed by atoms with E-state index in [1.54, 1.807) is 0 Å². The quantitative estimate of drug-likeness (QED) is 0.773. The number of hydrogen-bond acceptors (Lipinski definition) is 4. The van der Waals surface area contributed by atoms with E-state index in [1.807, 2.05) is 31.6 Å². The highest BCUT2D eigenvalue weighted by Crippen LogP contribution is 2.47. The molecule has 0 amide bonds. The molecule has 5 heteroatoms. The molecule has 0 N–H and O–H groups in total. The van der Waals surface area contributed by atoms with Crippen molar-refractivity contribution in [3.63, 3.8) is 0 Å². The maximum absolute atomic E-state index is 11.9. The summed E-state index contributed by atoms with van der Waals surface area (Å²) in [5.74, 6) is 0.0282. The Bertz CT molecular complexity index is 445. The fourth-order valence-corrected chi connectivity index (χ4v) is 1.87. The number of carbonyl (C=O) groups excluding carboxylic acids is 1. The molecule has 0 radical (unpaired) electrons. The fourth-order valence-electron chi connectivity index (χ4n) is 1.87. The van der Waals surface area contributed by atoms with Crippen molar-refractivity contribution < 1.29 is 9.53 Å². The first-order chi connectivity index (χ1) is 8.28. The van der Waals surface area contributed by atoms with Crippen LogP contribution in [0.15, 0.2) is 6.20 Å². The molecule has 1 heterocycles. The van der Waals surface area contributed by atoms with Gasteiger partial charge in [0, 0.05) is 18.2 Å². The molecule has 1 aromatic heterocycles. The molecular weight excluding hydrogens is 230 g/mol. The maximum atomic E-state index is 11.9. The van der Waals surface area contributed by atoms with Crippen LogP contribution in [0.2, 0.25) is 0 Å². The first kappa shape index (κ1) is 13.1. The van der Waals surface area contributed by atoms with Crippen LogP contribution in [0.5, 0.6) is 0 Å². The van der Waals surface area contributed by atoms with Crippen LogP contribution in [-0.2, 0) is 9.53 Å². The molecule has 100 valence electrons. The standard InChI is InChI=1S/C13H21N3O2/c1-8(2)16-7-11(14-15-16)9-6-10(9)12(17)18-13(3,4)5/h7-10H,6H2,1-5H3/t9-,10-/m0/s1. The molecule has 0 unspecified atom stereocenters. The molecule has 5 nitrogen and oxygen atoms in total. The third-order valence-electron chi connectivity index (χ3n) is 2.94. The first-order valence-electron chi connectivity index (χ1n) is 6.42. The molecule has 1 aliphatic rings. The molecule has 2 atom stereocenters. The minimum atomic E-state index is -0.417. The van der Waals surface area contributed by atoms with E-state index in [4.69, 9.17) is 4.74 Å². The zero-order valence-corrected chi connectivity index (χ0v) is 11.7. The normalized spacial score (nSPS) is 23.2. The average molecular weight is 251 g/mol. The molecule has 0 aromatic carbocycles. The van der Waals surface area contributed by atoms with Gasteiger partial charge in [-0.05, 0) is 41.0 Å². The van der Waals surface area contributed by atoms with Crippen molar-refractivity contribution in [2.24, 2.45) is 5.92 Å². The van der Waals surface area contributed by atoms with Crippen LogP contribution in [0, 0.1) is 5.92 Å². The van der Waals surface area contributed by atoms with Gasteiger partial charge < -0.3 is 4.74 Å². The van der Waals surface area contributed by atoms with Gasteiger partial charge in [0.05, 0.1) is 11.6 Å². The highest BCUT2D eigenvalue weighted by molar-refractivity contribution is 5.77. The molecule has 0 aliphatic heterocycles. The van der Waals surface area contributed by atoms with Crippen LogP contribution in [-0.4, -0.2) is 26.6 Å². The smallest absolute Gasteiger partial charge is 0.310 e. The monoisotopic (exact) mass is 251 g/mol. The Labute approximate surface area is 108 Å². The van der Waals surface area contributed by atoms with Crippen molar-refractivity contribution in [1.29, 1.82) is 0 Å². The zero-order chi connectivity index (χ0) is 13.5. The fraction of sp³-hybridized carbons (Fsp3) is 0.769. The second kappa shape index (κ2) is 4.37. The lowest BCUT2D eigenvalue weighted by molar-refractivity contribution is -0.156. The lowest BCUT2D eigenvalue weighted by Gasteiger charge is -2.19. The second-order valence-electron chi connectivity index (χ2n) is 6.20. The van der Waals surface area contributed by atoms with Crippen molar-refractivity contribution in [2.45, 2.75) is 58.6 Å². The summed E-state index contributed by atoms with van der Waals surface area (Å²) in [4.78, 5) is 11.9. The van der Waals surface area contributed by atoms with Gasteiger partial charge in [-0.2, -0.15) is 0 Å². The van der Waals surface area contributed by atoms with Crippen LogP contribution >= 0.6 is 0 Å². The minimum absolute atomic E-state index is 0.0402. The van der Waals surface area contributed by atoms with Gasteiger partial charge in [0.1, 0.15) is 5.60 Å². The van der Waals surface area contributed by atoms with Crippen LogP contribution in [0.25, 0.3) is 0 Å². The van der Waals surface area contributed by atoms with E-state index in [0.29, 0.717) is 6.04 Å². The Morgan fingerprint density at radius 3 is 2.67 bits per heavy atom. The molecule has 1 saturated carbocycles. The summed E-state index contributed by atoms with van der Waals surface area (Å²) >= 11 is 0. The number of rotatable bonds is 3. The van der Waals surface area contributed by atoms with Gasteiger partial charge >= 0.3 is 5.97 Å². The van der Waals surface area contributed by atoms with Gasteiger partial charge in [-0.25, -0.2) is 4.68 Å². The maximum Gasteiger partial charge on any atom is 0.310 e. The third-order valence-corrected chi connectivity index (χ3v) is 2.94. The Morgan fingerprint density at radius 2 is 2.17 bits per heavy atom. The van der Waals surface area contributed by atoms with Crippen molar-refractivity contribution >= 4 is 5.97 Å². The van der Waals surface area contributed by atoms with Crippen LogP contribution in [0.1, 0.15) is 58.7 Å². The van der Waals surface area contributed by atoms with Crippen LogP contribution in [0.3, 0.4) is 0 Å². The minimum Gasteiger partial charge on any atom is -0.460 e. The Kier molecular flexibility index (Phi) is 3.17. The molecule has 2 rings (SSSR count). The largest absolute Gasteiger partial charge is 0.460 e. The average Bonchev–Trinajstić information content (AvgIpc) is 2.85. The Balaban J connectivity index is 1.96. The lowest BCUT2D eigenvalue weighted by atomic mass is 10.2. The van der Waals surface area contributed by atoms with E-state index in [2.05, 4.69) is 24.2 Å². The third kappa shape index (κ3) is 2.89. The summed E-state index contributed by atoms with van der Waals surface area (Å²) in [7, 11) is 0. The summed E-state index contributed by atoms with van der Waals surface area (Å²) in [6.45, 7) is 9.76. The van der Waals surface area contributed by atoms with Gasteiger partial charge in [0.2, 0.25) is 0 Å². The highest BCUT2D eigenvalue weighted by Gasteiger charge is 2.47. The van der Waals surface area contributed by atoms with Crippen molar-refractivity contribution in [3.8, 4) is 0 Å². The predicted octanol–water partition coefficient (Wildman–Crippen LogP) is 2.30. The van der Waals surface area contributed by atoms with Gasteiger partial charge in [-0.3, -0.25) is 4.79 Å². The second-order valence-corrected chi connectivity index (χ2v) is 6.20. The Morgan fingerprint density at radius 1 is 1.50 bits per heavy atom. The molecular formula is C13H21N3O2. The number of esters is 1. The lowest BCUT2D eigenvalue weighted by Crippen LogP contribution is -2.25. The topological polar surface area (TPSA) is 57.0 Å². The predicted molar refractivity (Wildman–Crippen MR) is 67.1 cm³/mol. The van der Waals surface area contributed by atoms with Crippen LogP contribution < -0.4 is 0 Å². The Hall–Kier alpha value is -1.39. The van der Waals surface area contributed by atoms with Crippen molar-refractivity contribution in [1.82, 2.24) is 15.0 Å². The molecule has 0 bridgehead atoms. The van der Waals surface area contributed by atoms with Crippen molar-refractivity contribution in [3.05, 3.63) is 11.9 Å². The summed E-state index contributed by atoms with van der Waals surface area (Å²) in [6.07, 6.45) is 2.76. The SMILES string of the molecule is CC(C)n1cc([C@H]2C[C@@H]2C(=O)OC(C)(C)C)nn1. The molecule has 1 fully saturated rings. The van der Waals surface area contributed by atoms with E-state index in [-0.39, 0.29) is 17.8 Å². The summed E-state index contributed by atoms with van der Waals surface area (Å²) in [6, 6.07) is 0.296. The molecule has 18 heavy (non-hydrogen) atoms. The number of carbonyl (C=O) groups is 1. The zero-order valence-electron chi connectivity index (χ0n) is 11.7. The first-order valence-corrected chi connectivity index (χ1v) is 6.42. The van der Waals surface area contributed by atoms with Gasteiger partial charge in [-0.15, -0.1) is 5.10 Å². The van der Waals surface area contributed by atoms with E-state index in [1.165, 1.54) is 0 Å². The highest BCUT2D eigenvalue weighted by atomic mass is 16.6. The van der Waals surface area contributed by atoms with Gasteiger partial charge in [0.25, 0.3) is 0 Å². The summed E-state index contributed by atoms with van der Waals surface area (Å²) in [5, 5.41) is 8.19. The molecule has 0 spiro atoms. The number of ether oxygens (including phenoxy) is 1. The molecule has 1 aliphatic carbocycles. The number of nitrogens with zero attached hydrogens (tertiary/aromatic N) is 3. The number of aromatic nitrogens is 3. The van der Waals surface area contributed by atoms with E-state index in [9.17, 15) is 4.79 Å². The molecule has 1 aromatic rings. The van der Waals surface area contributed by atoms with Gasteiger partial charge in [0.15, 0.2) is 0 Å². The summed E-state index contributed by atoms with van der Waals surface area (Å²) in [5.41, 5.74) is 0.485. The van der Waals surface area contributed by atoms with E-state index < -0.39 is 5.60 Å². The van der Waals surface area contributed by atoms with E-state index in [0.717, 1.165) is 12.1 Å². The van der Waals surface area contributed by atoms with Crippen molar-refractivity contribution in [2.75, 3.05) is 0 Å². The number of hydrogen-bond donors (Lipinski definition) is 0.